The topological polar surface area (TPSA) is 83.2 Å². The van der Waals surface area contributed by atoms with Crippen molar-refractivity contribution in [3.8, 4) is 0 Å². The molecule has 3 N–H and O–H groups in total. The summed E-state index contributed by atoms with van der Waals surface area (Å²) in [5.74, 6) is -1.43. The summed E-state index contributed by atoms with van der Waals surface area (Å²) >= 11 is 0. The van der Waals surface area contributed by atoms with E-state index >= 15 is 0 Å². The van der Waals surface area contributed by atoms with Gasteiger partial charge in [-0.1, -0.05) is 0 Å². The molecule has 2 atom stereocenters. The molecule has 0 aliphatic rings. The molecule has 0 aliphatic carbocycles. The van der Waals surface area contributed by atoms with Crippen molar-refractivity contribution in [3.63, 3.8) is 0 Å². The van der Waals surface area contributed by atoms with Crippen molar-refractivity contribution in [2.24, 2.45) is 5.73 Å². The Morgan fingerprint density at radius 1 is 1.75 bits per heavy atom. The number of rotatable bonds is 2. The van der Waals surface area contributed by atoms with Gasteiger partial charge >= 0.3 is 5.97 Å². The van der Waals surface area contributed by atoms with Gasteiger partial charge in [0.1, 0.15) is 6.04 Å². The average Bonchev–Trinajstić information content (AvgIpc) is 1.64. The van der Waals surface area contributed by atoms with E-state index in [2.05, 4.69) is 0 Å². The summed E-state index contributed by atoms with van der Waals surface area (Å²) in [7, 11) is 0. The van der Waals surface area contributed by atoms with Crippen LogP contribution in [-0.2, 0) is 9.90 Å². The van der Waals surface area contributed by atoms with Gasteiger partial charge in [-0.15, -0.1) is 0 Å². The van der Waals surface area contributed by atoms with Crippen molar-refractivity contribution < 1.29 is 15.0 Å². The Kier molecular flexibility index (Phi) is 2.44. The number of nitrogens with two attached hydrogens (primary N) is 1. The molecule has 4 nitrogen and oxygen atoms in total. The highest BCUT2D eigenvalue weighted by Crippen LogP contribution is 1.86. The highest BCUT2D eigenvalue weighted by molar-refractivity contribution is 5.73. The normalized spacial score (nSPS) is 17.4. The van der Waals surface area contributed by atoms with Crippen molar-refractivity contribution in [1.82, 2.24) is 0 Å². The predicted molar refractivity (Wildman–Crippen MR) is 25.3 cm³/mol. The molecule has 0 aliphatic heterocycles. The van der Waals surface area contributed by atoms with Crippen molar-refractivity contribution in [1.29, 1.82) is 0 Å². The number of carbonyl (C=O) groups excluding carboxylic acids is 1. The first-order valence-electron chi connectivity index (χ1n) is 2.20. The first kappa shape index (κ1) is 7.39. The largest absolute Gasteiger partial charge is 0.391 e. The molecule has 0 saturated heterocycles. The quantitative estimate of drug-likeness (QED) is 0.470. The summed E-state index contributed by atoms with van der Waals surface area (Å²) in [6.07, 6.45) is -1.04. The van der Waals surface area contributed by atoms with Crippen molar-refractivity contribution in [2.75, 3.05) is 0 Å². The summed E-state index contributed by atoms with van der Waals surface area (Å²) in [5, 5.41) is 18.2. The van der Waals surface area contributed by atoms with Gasteiger partial charge < -0.3 is 10.8 Å². The van der Waals surface area contributed by atoms with Crippen LogP contribution in [0.3, 0.4) is 0 Å². The zero-order valence-corrected chi connectivity index (χ0v) is 4.50. The molecule has 8 heavy (non-hydrogen) atoms. The molecule has 0 aromatic rings. The van der Waals surface area contributed by atoms with Crippen molar-refractivity contribution >= 4 is 5.97 Å². The number of aliphatic hydroxyl groups is 1. The summed E-state index contributed by atoms with van der Waals surface area (Å²) < 4.78 is 0. The van der Waals surface area contributed by atoms with E-state index in [1.165, 1.54) is 6.92 Å². The molecule has 0 rings (SSSR count). The fourth-order valence-electron chi connectivity index (χ4n) is 0.197. The van der Waals surface area contributed by atoms with Gasteiger partial charge in [0, 0.05) is 0 Å². The molecule has 0 saturated carbocycles. The van der Waals surface area contributed by atoms with Gasteiger partial charge in [-0.05, 0) is 6.92 Å². The van der Waals surface area contributed by atoms with Gasteiger partial charge in [-0.2, -0.15) is 0 Å². The first-order valence-corrected chi connectivity index (χ1v) is 2.20. The van der Waals surface area contributed by atoms with Crippen LogP contribution in [0.5, 0.6) is 0 Å². The van der Waals surface area contributed by atoms with Gasteiger partial charge in [0.25, 0.3) is 0 Å². The molecular weight excluding hydrogens is 110 g/mol. The molecule has 47 valence electrons. The lowest BCUT2D eigenvalue weighted by atomic mass is 10.2. The molecule has 0 heterocycles. The van der Waals surface area contributed by atoms with Gasteiger partial charge in [-0.3, -0.25) is 0 Å². The Morgan fingerprint density at radius 2 is 2.12 bits per heavy atom. The fraction of sp³-hybridized carbons (Fsp3) is 0.750. The molecule has 1 radical (unpaired) electrons. The third-order valence-corrected chi connectivity index (χ3v) is 0.792. The van der Waals surface area contributed by atoms with Crippen LogP contribution in [0.4, 0.5) is 0 Å². The molecular formula is C4H8NO3. The average molecular weight is 118 g/mol. The molecule has 0 bridgehead atoms. The van der Waals surface area contributed by atoms with E-state index in [1.54, 1.807) is 0 Å². The minimum Gasteiger partial charge on any atom is -0.391 e. The summed E-state index contributed by atoms with van der Waals surface area (Å²) in [5.41, 5.74) is 4.85. The van der Waals surface area contributed by atoms with E-state index in [1.807, 2.05) is 0 Å². The maximum atomic E-state index is 9.74. The Balaban J connectivity index is 3.64. The van der Waals surface area contributed by atoms with Crippen LogP contribution in [0.2, 0.25) is 0 Å². The van der Waals surface area contributed by atoms with E-state index in [-0.39, 0.29) is 0 Å². The van der Waals surface area contributed by atoms with Crippen LogP contribution in [-0.4, -0.2) is 23.2 Å². The summed E-state index contributed by atoms with van der Waals surface area (Å²) in [4.78, 5) is 9.74. The predicted octanol–water partition coefficient (Wildman–Crippen LogP) is -1.35. The van der Waals surface area contributed by atoms with E-state index < -0.39 is 18.1 Å². The Labute approximate surface area is 46.9 Å². The number of hydrogen-bond acceptors (Lipinski definition) is 3. The Hall–Kier alpha value is -0.610. The molecule has 0 aromatic carbocycles. The fourth-order valence-corrected chi connectivity index (χ4v) is 0.197. The smallest absolute Gasteiger partial charge is 0.374 e. The SMILES string of the molecule is C[C@@H](O)[C@H](N)C([O])=O. The third kappa shape index (κ3) is 1.90. The maximum Gasteiger partial charge on any atom is 0.374 e. The lowest BCUT2D eigenvalue weighted by molar-refractivity contribution is -0.147. The van der Waals surface area contributed by atoms with Gasteiger partial charge in [0.05, 0.1) is 6.10 Å². The zero-order chi connectivity index (χ0) is 6.73. The van der Waals surface area contributed by atoms with Gasteiger partial charge in [0.15, 0.2) is 0 Å². The van der Waals surface area contributed by atoms with Crippen molar-refractivity contribution in [2.45, 2.75) is 19.1 Å². The summed E-state index contributed by atoms with van der Waals surface area (Å²) in [6, 6.07) is -1.27. The summed E-state index contributed by atoms with van der Waals surface area (Å²) in [6.45, 7) is 1.29. The van der Waals surface area contributed by atoms with E-state index in [0.717, 1.165) is 0 Å². The second kappa shape index (κ2) is 2.64. The van der Waals surface area contributed by atoms with Crippen LogP contribution in [0.1, 0.15) is 6.92 Å². The van der Waals surface area contributed by atoms with Gasteiger partial charge in [-0.25, -0.2) is 9.90 Å². The monoisotopic (exact) mass is 118 g/mol. The molecule has 4 heteroatoms. The standard InChI is InChI=1S/C4H8NO3/c1-2(6)3(5)4(7)8/h2-3,6H,5H2,1H3/t2-,3+/m1/s1. The van der Waals surface area contributed by atoms with E-state index in [9.17, 15) is 9.90 Å². The Bertz CT molecular complexity index is 91.3. The van der Waals surface area contributed by atoms with E-state index in [0.29, 0.717) is 0 Å². The molecule has 0 spiro atoms. The molecule has 0 fully saturated rings. The zero-order valence-electron chi connectivity index (χ0n) is 4.50. The second-order valence-corrected chi connectivity index (χ2v) is 1.59. The third-order valence-electron chi connectivity index (χ3n) is 0.792. The Morgan fingerprint density at radius 3 is 2.12 bits per heavy atom. The minimum atomic E-state index is -1.43. The number of aliphatic hydroxyl groups excluding tert-OH is 1. The van der Waals surface area contributed by atoms with Crippen LogP contribution in [0, 0.1) is 0 Å². The second-order valence-electron chi connectivity index (χ2n) is 1.59. The molecule has 0 unspecified atom stereocenters. The number of carbonyl (C=O) groups is 1. The highest BCUT2D eigenvalue weighted by atomic mass is 16.4. The minimum absolute atomic E-state index is 1.04. The van der Waals surface area contributed by atoms with E-state index in [4.69, 9.17) is 10.8 Å². The van der Waals surface area contributed by atoms with Gasteiger partial charge in [0.2, 0.25) is 0 Å². The molecule has 0 aromatic heterocycles. The highest BCUT2D eigenvalue weighted by Gasteiger charge is 2.18. The lowest BCUT2D eigenvalue weighted by Crippen LogP contribution is -2.39. The molecule has 0 amide bonds. The van der Waals surface area contributed by atoms with Crippen LogP contribution < -0.4 is 5.73 Å². The lowest BCUT2D eigenvalue weighted by Gasteiger charge is -2.05. The number of hydrogen-bond donors (Lipinski definition) is 2. The van der Waals surface area contributed by atoms with Crippen molar-refractivity contribution in [3.05, 3.63) is 0 Å². The van der Waals surface area contributed by atoms with Crippen LogP contribution >= 0.6 is 0 Å². The maximum absolute atomic E-state index is 9.74. The van der Waals surface area contributed by atoms with Crippen LogP contribution in [0.15, 0.2) is 0 Å². The first-order chi connectivity index (χ1) is 3.55. The van der Waals surface area contributed by atoms with Crippen LogP contribution in [0.25, 0.3) is 0 Å².